The van der Waals surface area contributed by atoms with Crippen LogP contribution in [0.1, 0.15) is 32.1 Å². The second-order valence-electron chi connectivity index (χ2n) is 6.10. The normalized spacial score (nSPS) is 37.9. The molecule has 0 aromatic carbocycles. The molecule has 0 aromatic heterocycles. The summed E-state index contributed by atoms with van der Waals surface area (Å²) < 4.78 is 0. The van der Waals surface area contributed by atoms with Crippen LogP contribution in [0.5, 0.6) is 0 Å². The van der Waals surface area contributed by atoms with Crippen molar-refractivity contribution in [3.05, 3.63) is 0 Å². The number of nitrogens with zero attached hydrogens (tertiary/aromatic N) is 1. The van der Waals surface area contributed by atoms with E-state index >= 15 is 0 Å². The first kappa shape index (κ1) is 11.0. The molecule has 1 aliphatic heterocycles. The molecule has 2 saturated carbocycles. The highest BCUT2D eigenvalue weighted by atomic mass is 16.3. The minimum atomic E-state index is -0.00944. The van der Waals surface area contributed by atoms with E-state index in [9.17, 15) is 5.11 Å². The van der Waals surface area contributed by atoms with E-state index in [4.69, 9.17) is 0 Å². The Kier molecular flexibility index (Phi) is 2.73. The quantitative estimate of drug-likeness (QED) is 0.726. The smallest absolute Gasteiger partial charge is 0.0628 e. The first-order valence-electron chi connectivity index (χ1n) is 6.81. The molecule has 0 amide bonds. The Morgan fingerprint density at radius 1 is 1.31 bits per heavy atom. The molecule has 2 bridgehead atoms. The molecule has 1 saturated heterocycles. The van der Waals surface area contributed by atoms with Gasteiger partial charge in [0.15, 0.2) is 0 Å². The summed E-state index contributed by atoms with van der Waals surface area (Å²) in [5, 5.41) is 13.2. The lowest BCUT2D eigenvalue weighted by Crippen LogP contribution is -2.57. The van der Waals surface area contributed by atoms with Gasteiger partial charge in [-0.3, -0.25) is 4.90 Å². The third-order valence-electron chi connectivity index (χ3n) is 5.15. The maximum atomic E-state index is 9.73. The molecule has 0 radical (unpaired) electrons. The maximum Gasteiger partial charge on any atom is 0.0628 e. The molecule has 0 spiro atoms. The Morgan fingerprint density at radius 2 is 2.12 bits per heavy atom. The van der Waals surface area contributed by atoms with E-state index in [1.54, 1.807) is 0 Å². The fraction of sp³-hybridized carbons (Fsp3) is 1.00. The van der Waals surface area contributed by atoms with Crippen molar-refractivity contribution in [2.75, 3.05) is 26.7 Å². The molecule has 2 N–H and O–H groups in total. The topological polar surface area (TPSA) is 35.5 Å². The Morgan fingerprint density at radius 3 is 2.56 bits per heavy atom. The van der Waals surface area contributed by atoms with Crippen molar-refractivity contribution < 1.29 is 5.11 Å². The summed E-state index contributed by atoms with van der Waals surface area (Å²) in [7, 11) is 2.02. The summed E-state index contributed by atoms with van der Waals surface area (Å²) in [5.41, 5.74) is -0.00944. The summed E-state index contributed by atoms with van der Waals surface area (Å²) in [4.78, 5) is 2.64. The number of likely N-dealkylation sites (N-methyl/N-ethyl adjacent to an activating group) is 1. The van der Waals surface area contributed by atoms with Gasteiger partial charge in [0.1, 0.15) is 0 Å². The molecular formula is C13H24N2O. The minimum Gasteiger partial charge on any atom is -0.394 e. The zero-order chi connectivity index (χ0) is 11.2. The van der Waals surface area contributed by atoms with Crippen LogP contribution >= 0.6 is 0 Å². The largest absolute Gasteiger partial charge is 0.394 e. The van der Waals surface area contributed by atoms with Crippen LogP contribution in [-0.2, 0) is 0 Å². The standard InChI is InChI=1S/C13H24N2O/c1-14-13(9-16,11-3-4-11)8-15-7-10-2-5-12(15)6-10/h10-12,14,16H,2-9H2,1H3. The van der Waals surface area contributed by atoms with Gasteiger partial charge in [0, 0.05) is 19.1 Å². The van der Waals surface area contributed by atoms with Crippen LogP contribution in [0.3, 0.4) is 0 Å². The number of likely N-dealkylation sites (tertiary alicyclic amines) is 1. The number of aliphatic hydroxyl groups is 1. The summed E-state index contributed by atoms with van der Waals surface area (Å²) in [6.45, 7) is 2.63. The van der Waals surface area contributed by atoms with E-state index in [-0.39, 0.29) is 5.54 Å². The van der Waals surface area contributed by atoms with Gasteiger partial charge in [-0.2, -0.15) is 0 Å². The molecule has 0 aromatic rings. The Balaban J connectivity index is 1.67. The molecule has 3 nitrogen and oxygen atoms in total. The van der Waals surface area contributed by atoms with E-state index in [0.717, 1.165) is 18.5 Å². The zero-order valence-electron chi connectivity index (χ0n) is 10.3. The van der Waals surface area contributed by atoms with E-state index in [0.29, 0.717) is 12.5 Å². The Bertz CT molecular complexity index is 261. The average molecular weight is 224 g/mol. The monoisotopic (exact) mass is 224 g/mol. The van der Waals surface area contributed by atoms with Gasteiger partial charge in [-0.15, -0.1) is 0 Å². The molecule has 3 fully saturated rings. The van der Waals surface area contributed by atoms with Crippen LogP contribution in [0.2, 0.25) is 0 Å². The fourth-order valence-electron chi connectivity index (χ4n) is 3.89. The van der Waals surface area contributed by atoms with Crippen LogP contribution in [0.15, 0.2) is 0 Å². The van der Waals surface area contributed by atoms with E-state index in [1.165, 1.54) is 38.6 Å². The second kappa shape index (κ2) is 3.97. The molecular weight excluding hydrogens is 200 g/mol. The van der Waals surface area contributed by atoms with Gasteiger partial charge in [0.25, 0.3) is 0 Å². The molecule has 3 heteroatoms. The number of aliphatic hydroxyl groups excluding tert-OH is 1. The lowest BCUT2D eigenvalue weighted by atomic mass is 9.92. The number of rotatable bonds is 5. The van der Waals surface area contributed by atoms with Gasteiger partial charge >= 0.3 is 0 Å². The van der Waals surface area contributed by atoms with Crippen LogP contribution in [0.4, 0.5) is 0 Å². The maximum absolute atomic E-state index is 9.73. The van der Waals surface area contributed by atoms with Crippen molar-refractivity contribution in [3.8, 4) is 0 Å². The summed E-state index contributed by atoms with van der Waals surface area (Å²) in [6, 6.07) is 0.822. The number of piperidine rings is 1. The predicted octanol–water partition coefficient (Wildman–Crippen LogP) is 0.831. The highest BCUT2D eigenvalue weighted by molar-refractivity contribution is 5.05. The lowest BCUT2D eigenvalue weighted by molar-refractivity contribution is 0.0816. The van der Waals surface area contributed by atoms with Gasteiger partial charge in [0.05, 0.1) is 12.1 Å². The summed E-state index contributed by atoms with van der Waals surface area (Å²) in [6.07, 6.45) is 6.83. The zero-order valence-corrected chi connectivity index (χ0v) is 10.3. The Labute approximate surface area is 98.2 Å². The van der Waals surface area contributed by atoms with Gasteiger partial charge < -0.3 is 10.4 Å². The molecule has 3 unspecified atom stereocenters. The van der Waals surface area contributed by atoms with Crippen LogP contribution in [0.25, 0.3) is 0 Å². The predicted molar refractivity (Wildman–Crippen MR) is 64.3 cm³/mol. The number of nitrogens with one attached hydrogen (secondary N) is 1. The third-order valence-corrected chi connectivity index (χ3v) is 5.15. The van der Waals surface area contributed by atoms with Gasteiger partial charge in [-0.05, 0) is 51.0 Å². The van der Waals surface area contributed by atoms with Crippen molar-refractivity contribution in [3.63, 3.8) is 0 Å². The summed E-state index contributed by atoms with van der Waals surface area (Å²) in [5.74, 6) is 1.67. The first-order chi connectivity index (χ1) is 7.77. The van der Waals surface area contributed by atoms with Crippen molar-refractivity contribution in [1.29, 1.82) is 0 Å². The first-order valence-corrected chi connectivity index (χ1v) is 6.81. The van der Waals surface area contributed by atoms with Gasteiger partial charge in [-0.1, -0.05) is 0 Å². The second-order valence-corrected chi connectivity index (χ2v) is 6.10. The molecule has 1 heterocycles. The van der Waals surface area contributed by atoms with Crippen molar-refractivity contribution in [1.82, 2.24) is 10.2 Å². The summed E-state index contributed by atoms with van der Waals surface area (Å²) >= 11 is 0. The van der Waals surface area contributed by atoms with Gasteiger partial charge in [-0.25, -0.2) is 0 Å². The lowest BCUT2D eigenvalue weighted by Gasteiger charge is -2.39. The van der Waals surface area contributed by atoms with Crippen LogP contribution < -0.4 is 5.32 Å². The van der Waals surface area contributed by atoms with Crippen LogP contribution in [-0.4, -0.2) is 48.3 Å². The van der Waals surface area contributed by atoms with E-state index in [1.807, 2.05) is 7.05 Å². The third kappa shape index (κ3) is 1.69. The van der Waals surface area contributed by atoms with Crippen molar-refractivity contribution in [2.45, 2.75) is 43.7 Å². The number of fused-ring (bicyclic) bond motifs is 2. The fourth-order valence-corrected chi connectivity index (χ4v) is 3.89. The SMILES string of the molecule is CNC(CO)(CN1CC2CCC1C2)C1CC1. The average Bonchev–Trinajstić information content (AvgIpc) is 2.97. The molecule has 16 heavy (non-hydrogen) atoms. The molecule has 92 valence electrons. The molecule has 3 aliphatic rings. The molecule has 3 atom stereocenters. The minimum absolute atomic E-state index is 0.00944. The highest BCUT2D eigenvalue weighted by Crippen LogP contribution is 2.43. The van der Waals surface area contributed by atoms with Gasteiger partial charge in [0.2, 0.25) is 0 Å². The van der Waals surface area contributed by atoms with Crippen LogP contribution in [0, 0.1) is 11.8 Å². The number of hydrogen-bond acceptors (Lipinski definition) is 3. The molecule has 3 rings (SSSR count). The van der Waals surface area contributed by atoms with Crippen molar-refractivity contribution >= 4 is 0 Å². The highest BCUT2D eigenvalue weighted by Gasteiger charge is 2.48. The molecule has 2 aliphatic carbocycles. The van der Waals surface area contributed by atoms with E-state index < -0.39 is 0 Å². The van der Waals surface area contributed by atoms with Crippen molar-refractivity contribution in [2.24, 2.45) is 11.8 Å². The Hall–Kier alpha value is -0.120. The van der Waals surface area contributed by atoms with E-state index in [2.05, 4.69) is 10.2 Å². The number of hydrogen-bond donors (Lipinski definition) is 2.